The molecule has 3 aromatic rings. The summed E-state index contributed by atoms with van der Waals surface area (Å²) in [6.45, 7) is 3.78. The smallest absolute Gasteiger partial charge is 0.263 e. The van der Waals surface area contributed by atoms with E-state index in [9.17, 15) is 4.79 Å². The van der Waals surface area contributed by atoms with Crippen molar-refractivity contribution in [3.05, 3.63) is 46.5 Å². The maximum Gasteiger partial charge on any atom is 0.263 e. The summed E-state index contributed by atoms with van der Waals surface area (Å²) in [5, 5.41) is 3.91. The molecule has 0 saturated carbocycles. The number of nitrogen functional groups attached to an aromatic ring is 1. The lowest BCUT2D eigenvalue weighted by atomic mass is 10.0. The highest BCUT2D eigenvalue weighted by Crippen LogP contribution is 2.35. The lowest BCUT2D eigenvalue weighted by molar-refractivity contribution is 0.0920. The highest BCUT2D eigenvalue weighted by Gasteiger charge is 2.31. The SMILES string of the molecule is COC[C@@H]1C[C@@H](N)CN1c1ccc2c(c1)OC[C@H](NC(=O)c1sc3nc(C)ccc3c1N)C2. The van der Waals surface area contributed by atoms with Gasteiger partial charge in [-0.05, 0) is 43.5 Å². The maximum atomic E-state index is 13.0. The Morgan fingerprint density at radius 2 is 2.21 bits per heavy atom. The van der Waals surface area contributed by atoms with Crippen LogP contribution in [0, 0.1) is 6.92 Å². The summed E-state index contributed by atoms with van der Waals surface area (Å²) in [5.74, 6) is 0.672. The standard InChI is InChI=1S/C24H29N5O3S/c1-13-3-6-19-21(26)22(33-24(19)27-13)23(30)28-16-7-14-4-5-17(9-20(14)32-11-16)29-10-15(25)8-18(29)12-31-2/h3-6,9,15-16,18H,7-8,10-12,25-26H2,1-2H3,(H,28,30)/t15-,16-,18+/m1/s1. The molecule has 8 nitrogen and oxygen atoms in total. The number of benzene rings is 1. The van der Waals surface area contributed by atoms with Crippen molar-refractivity contribution in [1.29, 1.82) is 0 Å². The third kappa shape index (κ3) is 4.23. The Bertz CT molecular complexity index is 1200. The second-order valence-corrected chi connectivity index (χ2v) is 9.88. The minimum Gasteiger partial charge on any atom is -0.491 e. The van der Waals surface area contributed by atoms with E-state index in [1.54, 1.807) is 7.11 Å². The largest absolute Gasteiger partial charge is 0.491 e. The van der Waals surface area contributed by atoms with Crippen LogP contribution in [0.2, 0.25) is 0 Å². The van der Waals surface area contributed by atoms with E-state index in [-0.39, 0.29) is 24.0 Å². The van der Waals surface area contributed by atoms with Gasteiger partial charge in [0.25, 0.3) is 5.91 Å². The molecule has 2 aromatic heterocycles. The van der Waals surface area contributed by atoms with Gasteiger partial charge in [-0.2, -0.15) is 0 Å². The van der Waals surface area contributed by atoms with Crippen LogP contribution in [0.1, 0.15) is 27.3 Å². The topological polar surface area (TPSA) is 116 Å². The van der Waals surface area contributed by atoms with Gasteiger partial charge in [0, 0.05) is 42.5 Å². The van der Waals surface area contributed by atoms with Gasteiger partial charge >= 0.3 is 0 Å². The lowest BCUT2D eigenvalue weighted by Crippen LogP contribution is -2.42. The number of aryl methyl sites for hydroxylation is 1. The summed E-state index contributed by atoms with van der Waals surface area (Å²) in [7, 11) is 1.72. The van der Waals surface area contributed by atoms with Crippen LogP contribution in [0.15, 0.2) is 30.3 Å². The Labute approximate surface area is 196 Å². The third-order valence-corrected chi connectivity index (χ3v) is 7.48. The van der Waals surface area contributed by atoms with Gasteiger partial charge < -0.3 is 31.2 Å². The average molecular weight is 468 g/mol. The normalized spacial score (nSPS) is 22.3. The first kappa shape index (κ1) is 21.9. The van der Waals surface area contributed by atoms with Crippen LogP contribution in [0.5, 0.6) is 5.75 Å². The summed E-state index contributed by atoms with van der Waals surface area (Å²) < 4.78 is 11.4. The Morgan fingerprint density at radius 3 is 3.03 bits per heavy atom. The van der Waals surface area contributed by atoms with Crippen LogP contribution in [-0.2, 0) is 11.2 Å². The van der Waals surface area contributed by atoms with Gasteiger partial charge in [0.15, 0.2) is 0 Å². The van der Waals surface area contributed by atoms with E-state index in [1.165, 1.54) is 11.3 Å². The van der Waals surface area contributed by atoms with Gasteiger partial charge in [0.1, 0.15) is 22.1 Å². The second-order valence-electron chi connectivity index (χ2n) is 8.89. The Balaban J connectivity index is 1.29. The second kappa shape index (κ2) is 8.81. The molecular formula is C24H29N5O3S. The van der Waals surface area contributed by atoms with Crippen molar-refractivity contribution in [2.75, 3.05) is 37.5 Å². The molecule has 174 valence electrons. The van der Waals surface area contributed by atoms with Crippen LogP contribution >= 0.6 is 11.3 Å². The van der Waals surface area contributed by atoms with Crippen molar-refractivity contribution in [1.82, 2.24) is 10.3 Å². The first-order valence-corrected chi connectivity index (χ1v) is 12.0. The van der Waals surface area contributed by atoms with Crippen molar-refractivity contribution >= 4 is 38.8 Å². The number of hydrogen-bond acceptors (Lipinski definition) is 8. The zero-order valence-electron chi connectivity index (χ0n) is 18.8. The Hall–Kier alpha value is -2.88. The number of nitrogens with one attached hydrogen (secondary N) is 1. The molecule has 5 rings (SSSR count). The molecule has 0 radical (unpaired) electrons. The number of anilines is 2. The molecule has 1 aromatic carbocycles. The van der Waals surface area contributed by atoms with E-state index in [2.05, 4.69) is 33.4 Å². The van der Waals surface area contributed by atoms with Crippen LogP contribution in [0.4, 0.5) is 11.4 Å². The monoisotopic (exact) mass is 467 g/mol. The first-order valence-electron chi connectivity index (χ1n) is 11.2. The summed E-state index contributed by atoms with van der Waals surface area (Å²) >= 11 is 1.33. The number of nitrogens with zero attached hydrogens (tertiary/aromatic N) is 2. The Kier molecular flexibility index (Phi) is 5.86. The number of carbonyl (C=O) groups is 1. The molecule has 0 bridgehead atoms. The highest BCUT2D eigenvalue weighted by atomic mass is 32.1. The molecule has 4 heterocycles. The minimum atomic E-state index is -0.185. The number of thiophene rings is 1. The molecule has 1 saturated heterocycles. The molecule has 1 fully saturated rings. The highest BCUT2D eigenvalue weighted by molar-refractivity contribution is 7.21. The molecule has 9 heteroatoms. The molecule has 1 amide bonds. The fraction of sp³-hybridized carbons (Fsp3) is 0.417. The molecule has 33 heavy (non-hydrogen) atoms. The van der Waals surface area contributed by atoms with Crippen molar-refractivity contribution in [3.63, 3.8) is 0 Å². The first-order chi connectivity index (χ1) is 15.9. The molecule has 3 atom stereocenters. The Morgan fingerprint density at radius 1 is 1.36 bits per heavy atom. The molecule has 0 aliphatic carbocycles. The van der Waals surface area contributed by atoms with Gasteiger partial charge in [-0.25, -0.2) is 4.98 Å². The van der Waals surface area contributed by atoms with Crippen molar-refractivity contribution in [3.8, 4) is 5.75 Å². The molecule has 0 unspecified atom stereocenters. The molecule has 2 aliphatic rings. The fourth-order valence-electron chi connectivity index (χ4n) is 4.76. The van der Waals surface area contributed by atoms with Gasteiger partial charge in [0.2, 0.25) is 0 Å². The number of rotatable bonds is 5. The lowest BCUT2D eigenvalue weighted by Gasteiger charge is -2.30. The number of amides is 1. The number of aromatic nitrogens is 1. The summed E-state index contributed by atoms with van der Waals surface area (Å²) in [6.07, 6.45) is 1.61. The van der Waals surface area contributed by atoms with Crippen molar-refractivity contribution in [2.24, 2.45) is 5.73 Å². The number of nitrogens with two attached hydrogens (primary N) is 2. The number of hydrogen-bond donors (Lipinski definition) is 3. The third-order valence-electron chi connectivity index (χ3n) is 6.37. The molecule has 5 N–H and O–H groups in total. The number of carbonyl (C=O) groups excluding carboxylic acids is 1. The zero-order chi connectivity index (χ0) is 23.1. The van der Waals surface area contributed by atoms with E-state index in [0.29, 0.717) is 30.2 Å². The van der Waals surface area contributed by atoms with Gasteiger partial charge in [-0.3, -0.25) is 4.79 Å². The molecule has 2 aliphatic heterocycles. The number of pyridine rings is 1. The van der Waals surface area contributed by atoms with Gasteiger partial charge in [-0.1, -0.05) is 6.07 Å². The van der Waals surface area contributed by atoms with Gasteiger partial charge in [-0.15, -0.1) is 11.3 Å². The number of fused-ring (bicyclic) bond motifs is 2. The predicted molar refractivity (Wildman–Crippen MR) is 131 cm³/mol. The van der Waals surface area contributed by atoms with Gasteiger partial charge in [0.05, 0.1) is 24.4 Å². The van der Waals surface area contributed by atoms with E-state index in [1.807, 2.05) is 19.1 Å². The van der Waals surface area contributed by atoms with Crippen LogP contribution in [0.25, 0.3) is 10.2 Å². The maximum absolute atomic E-state index is 13.0. The quantitative estimate of drug-likeness (QED) is 0.528. The van der Waals surface area contributed by atoms with Crippen LogP contribution in [0.3, 0.4) is 0 Å². The van der Waals surface area contributed by atoms with E-state index < -0.39 is 0 Å². The fourth-order valence-corrected chi connectivity index (χ4v) is 5.80. The van der Waals surface area contributed by atoms with Crippen LogP contribution < -0.4 is 26.4 Å². The van der Waals surface area contributed by atoms with E-state index >= 15 is 0 Å². The van der Waals surface area contributed by atoms with Crippen LogP contribution in [-0.4, -0.2) is 55.9 Å². The summed E-state index contributed by atoms with van der Waals surface area (Å²) in [5.41, 5.74) is 16.0. The summed E-state index contributed by atoms with van der Waals surface area (Å²) in [4.78, 5) is 21.0. The van der Waals surface area contributed by atoms with E-state index in [4.69, 9.17) is 20.9 Å². The average Bonchev–Trinajstić information content (AvgIpc) is 3.32. The predicted octanol–water partition coefficient (Wildman–Crippen LogP) is 2.47. The number of methoxy groups -OCH3 is 1. The molecular weight excluding hydrogens is 438 g/mol. The molecule has 0 spiro atoms. The summed E-state index contributed by atoms with van der Waals surface area (Å²) in [6, 6.07) is 10.4. The number of ether oxygens (including phenoxy) is 2. The van der Waals surface area contributed by atoms with E-state index in [0.717, 1.165) is 45.9 Å². The minimum absolute atomic E-state index is 0.128. The van der Waals surface area contributed by atoms with Crippen molar-refractivity contribution < 1.29 is 14.3 Å². The zero-order valence-corrected chi connectivity index (χ0v) is 19.7. The van der Waals surface area contributed by atoms with Crippen molar-refractivity contribution in [2.45, 2.75) is 37.9 Å².